The molecule has 2 N–H and O–H groups in total. The van der Waals surface area contributed by atoms with Crippen molar-refractivity contribution < 1.29 is 23.9 Å². The molecule has 158 valence electrons. The van der Waals surface area contributed by atoms with E-state index in [1.807, 2.05) is 30.3 Å². The fourth-order valence-corrected chi connectivity index (χ4v) is 3.22. The molecule has 0 radical (unpaired) electrons. The third-order valence-corrected chi connectivity index (χ3v) is 4.84. The van der Waals surface area contributed by atoms with Gasteiger partial charge in [-0.2, -0.15) is 0 Å². The number of anilines is 1. The standard InChI is InChI=1S/C21H22ClN3O5/c1-29-17-8-7-15(22)11-16(17)24-21(28)20(27)23-12-19(26)25-9-10-30-18(13-25)14-5-3-2-4-6-14/h2-8,11,18H,9-10,12-13H2,1H3,(H,23,27)(H,24,28)/t18-/m0/s1. The Kier molecular flexibility index (Phi) is 7.26. The third-order valence-electron chi connectivity index (χ3n) is 4.61. The molecule has 2 aromatic carbocycles. The third kappa shape index (κ3) is 5.49. The molecule has 9 heteroatoms. The van der Waals surface area contributed by atoms with E-state index in [1.165, 1.54) is 13.2 Å². The lowest BCUT2D eigenvalue weighted by Crippen LogP contribution is -2.48. The maximum absolute atomic E-state index is 12.5. The lowest BCUT2D eigenvalue weighted by molar-refractivity contribution is -0.141. The van der Waals surface area contributed by atoms with E-state index < -0.39 is 11.8 Å². The zero-order chi connectivity index (χ0) is 21.5. The van der Waals surface area contributed by atoms with Gasteiger partial charge < -0.3 is 25.0 Å². The SMILES string of the molecule is COc1ccc(Cl)cc1NC(=O)C(=O)NCC(=O)N1CCO[C@H](c2ccccc2)C1. The Hall–Kier alpha value is -3.10. The molecule has 1 heterocycles. The summed E-state index contributed by atoms with van der Waals surface area (Å²) < 4.78 is 10.9. The largest absolute Gasteiger partial charge is 0.495 e. The van der Waals surface area contributed by atoms with Gasteiger partial charge in [-0.1, -0.05) is 41.9 Å². The Labute approximate surface area is 179 Å². The highest BCUT2D eigenvalue weighted by Gasteiger charge is 2.26. The second kappa shape index (κ2) is 10.1. The highest BCUT2D eigenvalue weighted by Crippen LogP contribution is 2.27. The van der Waals surface area contributed by atoms with E-state index in [9.17, 15) is 14.4 Å². The van der Waals surface area contributed by atoms with E-state index in [4.69, 9.17) is 21.1 Å². The maximum Gasteiger partial charge on any atom is 0.313 e. The predicted octanol–water partition coefficient (Wildman–Crippen LogP) is 2.00. The van der Waals surface area contributed by atoms with Crippen molar-refractivity contribution in [2.45, 2.75) is 6.10 Å². The molecule has 1 fully saturated rings. The molecular formula is C21H22ClN3O5. The summed E-state index contributed by atoms with van der Waals surface area (Å²) in [5, 5.41) is 5.16. The molecule has 1 aliphatic heterocycles. The average Bonchev–Trinajstić information content (AvgIpc) is 2.78. The quantitative estimate of drug-likeness (QED) is 0.706. The van der Waals surface area contributed by atoms with E-state index in [0.717, 1.165) is 5.56 Å². The van der Waals surface area contributed by atoms with E-state index in [-0.39, 0.29) is 24.2 Å². The summed E-state index contributed by atoms with van der Waals surface area (Å²) in [5.74, 6) is -1.79. The first-order chi connectivity index (χ1) is 14.5. The van der Waals surface area contributed by atoms with Crippen LogP contribution < -0.4 is 15.4 Å². The fourth-order valence-electron chi connectivity index (χ4n) is 3.05. The van der Waals surface area contributed by atoms with Gasteiger partial charge in [-0.05, 0) is 23.8 Å². The van der Waals surface area contributed by atoms with Crippen molar-refractivity contribution in [3.8, 4) is 5.75 Å². The van der Waals surface area contributed by atoms with Gasteiger partial charge >= 0.3 is 11.8 Å². The van der Waals surface area contributed by atoms with Crippen LogP contribution in [0.15, 0.2) is 48.5 Å². The zero-order valence-electron chi connectivity index (χ0n) is 16.4. The molecule has 8 nitrogen and oxygen atoms in total. The van der Waals surface area contributed by atoms with E-state index >= 15 is 0 Å². The van der Waals surface area contributed by atoms with Crippen LogP contribution in [0, 0.1) is 0 Å². The second-order valence-electron chi connectivity index (χ2n) is 6.59. The molecule has 0 saturated carbocycles. The molecule has 0 aromatic heterocycles. The molecule has 0 aliphatic carbocycles. The number of nitrogens with one attached hydrogen (secondary N) is 2. The first kappa shape index (κ1) is 21.6. The van der Waals surface area contributed by atoms with Gasteiger partial charge in [-0.3, -0.25) is 14.4 Å². The summed E-state index contributed by atoms with van der Waals surface area (Å²) >= 11 is 5.91. The number of amides is 3. The van der Waals surface area contributed by atoms with Crippen LogP contribution in [-0.4, -0.2) is 56.0 Å². The number of benzene rings is 2. The minimum Gasteiger partial charge on any atom is -0.495 e. The van der Waals surface area contributed by atoms with Crippen LogP contribution in [0.25, 0.3) is 0 Å². The van der Waals surface area contributed by atoms with Crippen LogP contribution in [0.1, 0.15) is 11.7 Å². The van der Waals surface area contributed by atoms with E-state index in [0.29, 0.717) is 30.5 Å². The summed E-state index contributed by atoms with van der Waals surface area (Å²) in [7, 11) is 1.43. The molecule has 1 atom stereocenters. The van der Waals surface area contributed by atoms with Crippen LogP contribution in [0.5, 0.6) is 5.75 Å². The van der Waals surface area contributed by atoms with Crippen LogP contribution in [-0.2, 0) is 19.1 Å². The monoisotopic (exact) mass is 431 g/mol. The van der Waals surface area contributed by atoms with Gasteiger partial charge in [0.05, 0.1) is 32.5 Å². The highest BCUT2D eigenvalue weighted by molar-refractivity contribution is 6.40. The number of halogens is 1. The van der Waals surface area contributed by atoms with Crippen LogP contribution >= 0.6 is 11.6 Å². The first-order valence-electron chi connectivity index (χ1n) is 9.35. The normalized spacial score (nSPS) is 15.9. The zero-order valence-corrected chi connectivity index (χ0v) is 17.1. The number of rotatable bonds is 5. The van der Waals surface area contributed by atoms with Crippen molar-refractivity contribution in [1.82, 2.24) is 10.2 Å². The van der Waals surface area contributed by atoms with E-state index in [1.54, 1.807) is 17.0 Å². The number of nitrogens with zero attached hydrogens (tertiary/aromatic N) is 1. The fraction of sp³-hybridized carbons (Fsp3) is 0.286. The lowest BCUT2D eigenvalue weighted by Gasteiger charge is -2.33. The van der Waals surface area contributed by atoms with Gasteiger partial charge in [-0.15, -0.1) is 0 Å². The molecule has 0 bridgehead atoms. The highest BCUT2D eigenvalue weighted by atomic mass is 35.5. The van der Waals surface area contributed by atoms with Gasteiger partial charge in [0.2, 0.25) is 5.91 Å². The summed E-state index contributed by atoms with van der Waals surface area (Å²) in [6.07, 6.45) is -0.224. The Bertz CT molecular complexity index is 922. The Morgan fingerprint density at radius 3 is 2.67 bits per heavy atom. The molecule has 0 unspecified atom stereocenters. The summed E-state index contributed by atoms with van der Waals surface area (Å²) in [5.41, 5.74) is 1.24. The minimum absolute atomic E-state index is 0.224. The maximum atomic E-state index is 12.5. The molecule has 2 aromatic rings. The van der Waals surface area contributed by atoms with Crippen molar-refractivity contribution in [1.29, 1.82) is 0 Å². The Morgan fingerprint density at radius 1 is 1.17 bits per heavy atom. The lowest BCUT2D eigenvalue weighted by atomic mass is 10.1. The summed E-state index contributed by atoms with van der Waals surface area (Å²) in [4.78, 5) is 38.4. The average molecular weight is 432 g/mol. The number of carbonyl (C=O) groups is 3. The van der Waals surface area contributed by atoms with Crippen molar-refractivity contribution in [2.75, 3.05) is 38.7 Å². The molecule has 1 saturated heterocycles. The topological polar surface area (TPSA) is 97.0 Å². The Balaban J connectivity index is 1.52. The molecule has 3 rings (SSSR count). The van der Waals surface area contributed by atoms with Gasteiger partial charge in [0, 0.05) is 11.6 Å². The molecule has 0 spiro atoms. The summed E-state index contributed by atoms with van der Waals surface area (Å²) in [6, 6.07) is 14.2. The van der Waals surface area contributed by atoms with Gasteiger partial charge in [0.15, 0.2) is 0 Å². The van der Waals surface area contributed by atoms with Crippen molar-refractivity contribution in [3.05, 3.63) is 59.1 Å². The summed E-state index contributed by atoms with van der Waals surface area (Å²) in [6.45, 7) is 0.906. The molecule has 3 amide bonds. The van der Waals surface area contributed by atoms with Crippen LogP contribution in [0.4, 0.5) is 5.69 Å². The van der Waals surface area contributed by atoms with Crippen molar-refractivity contribution in [2.24, 2.45) is 0 Å². The number of carbonyl (C=O) groups excluding carboxylic acids is 3. The number of hydrogen-bond donors (Lipinski definition) is 2. The smallest absolute Gasteiger partial charge is 0.313 e. The predicted molar refractivity (Wildman–Crippen MR) is 111 cm³/mol. The molecule has 30 heavy (non-hydrogen) atoms. The van der Waals surface area contributed by atoms with E-state index in [2.05, 4.69) is 10.6 Å². The Morgan fingerprint density at radius 2 is 1.93 bits per heavy atom. The number of methoxy groups -OCH3 is 1. The van der Waals surface area contributed by atoms with Gasteiger partial charge in [-0.25, -0.2) is 0 Å². The second-order valence-corrected chi connectivity index (χ2v) is 7.03. The van der Waals surface area contributed by atoms with Crippen molar-refractivity contribution >= 4 is 35.0 Å². The van der Waals surface area contributed by atoms with Crippen LogP contribution in [0.3, 0.4) is 0 Å². The molecular weight excluding hydrogens is 410 g/mol. The van der Waals surface area contributed by atoms with Crippen molar-refractivity contribution in [3.63, 3.8) is 0 Å². The number of ether oxygens (including phenoxy) is 2. The molecule has 1 aliphatic rings. The van der Waals surface area contributed by atoms with Gasteiger partial charge in [0.25, 0.3) is 0 Å². The number of hydrogen-bond acceptors (Lipinski definition) is 5. The van der Waals surface area contributed by atoms with Crippen LogP contribution in [0.2, 0.25) is 5.02 Å². The minimum atomic E-state index is -0.932. The number of morpholine rings is 1. The first-order valence-corrected chi connectivity index (χ1v) is 9.72. The van der Waals surface area contributed by atoms with Gasteiger partial charge in [0.1, 0.15) is 11.9 Å².